The third kappa shape index (κ3) is 2.22. The molecule has 1 heterocycles. The number of halogens is 2. The quantitative estimate of drug-likeness (QED) is 0.611. The average molecular weight is 331 g/mol. The maximum Gasteiger partial charge on any atom is 0.0964 e. The summed E-state index contributed by atoms with van der Waals surface area (Å²) in [7, 11) is 0. The van der Waals surface area contributed by atoms with E-state index in [0.717, 1.165) is 11.1 Å². The molecule has 22 heavy (non-hydrogen) atoms. The van der Waals surface area contributed by atoms with E-state index < -0.39 is 0 Å². The molecule has 2 aromatic carbocycles. The number of imidazole rings is 1. The molecule has 0 bridgehead atoms. The predicted molar refractivity (Wildman–Crippen MR) is 92.0 cm³/mol. The molecule has 1 aliphatic rings. The minimum absolute atomic E-state index is 0.166. The highest BCUT2D eigenvalue weighted by Gasteiger charge is 2.17. The Labute approximate surface area is 139 Å². The van der Waals surface area contributed by atoms with Gasteiger partial charge in [-0.2, -0.15) is 0 Å². The second-order valence-corrected chi connectivity index (χ2v) is 6.78. The Morgan fingerprint density at radius 1 is 1.05 bits per heavy atom. The fourth-order valence-corrected chi connectivity index (χ4v) is 3.64. The predicted octanol–water partition coefficient (Wildman–Crippen LogP) is 5.44. The minimum Gasteiger partial charge on any atom is -0.323 e. The zero-order valence-electron chi connectivity index (χ0n) is 12.3. The smallest absolute Gasteiger partial charge is 0.0964 e. The standard InChI is InChI=1S/C18H16Cl2N2/c1-11(12-5-6-15(19)16(20)7-12)22-10-21-17-8-13-3-2-4-14(13)9-18(17)22/h5-11H,2-4H2,1H3. The van der Waals surface area contributed by atoms with Crippen molar-refractivity contribution in [3.05, 3.63) is 63.4 Å². The minimum atomic E-state index is 0.166. The van der Waals surface area contributed by atoms with Crippen LogP contribution >= 0.6 is 23.2 Å². The normalized spacial score (nSPS) is 15.2. The van der Waals surface area contributed by atoms with Crippen molar-refractivity contribution in [2.45, 2.75) is 32.2 Å². The van der Waals surface area contributed by atoms with Gasteiger partial charge >= 0.3 is 0 Å². The van der Waals surface area contributed by atoms with E-state index >= 15 is 0 Å². The van der Waals surface area contributed by atoms with Gasteiger partial charge in [0.15, 0.2) is 0 Å². The molecule has 0 radical (unpaired) electrons. The van der Waals surface area contributed by atoms with Crippen molar-refractivity contribution >= 4 is 34.2 Å². The summed E-state index contributed by atoms with van der Waals surface area (Å²) >= 11 is 12.2. The molecule has 1 unspecified atom stereocenters. The van der Waals surface area contributed by atoms with E-state index in [0.29, 0.717) is 10.0 Å². The van der Waals surface area contributed by atoms with Gasteiger partial charge in [0, 0.05) is 0 Å². The monoisotopic (exact) mass is 330 g/mol. The molecule has 0 saturated heterocycles. The fraction of sp³-hybridized carbons (Fsp3) is 0.278. The van der Waals surface area contributed by atoms with Gasteiger partial charge in [0.2, 0.25) is 0 Å². The Bertz CT molecular complexity index is 867. The topological polar surface area (TPSA) is 17.8 Å². The van der Waals surface area contributed by atoms with Crippen molar-refractivity contribution in [3.63, 3.8) is 0 Å². The SMILES string of the molecule is CC(c1ccc(Cl)c(Cl)c1)n1cnc2cc3c(cc21)CCC3. The summed E-state index contributed by atoms with van der Waals surface area (Å²) in [5, 5.41) is 1.18. The van der Waals surface area contributed by atoms with Crippen LogP contribution in [0.4, 0.5) is 0 Å². The van der Waals surface area contributed by atoms with Gasteiger partial charge < -0.3 is 4.57 Å². The highest BCUT2D eigenvalue weighted by Crippen LogP contribution is 2.31. The molecule has 0 saturated carbocycles. The highest BCUT2D eigenvalue weighted by atomic mass is 35.5. The Balaban J connectivity index is 1.81. The summed E-state index contributed by atoms with van der Waals surface area (Å²) in [6.07, 6.45) is 5.54. The molecule has 1 atom stereocenters. The van der Waals surface area contributed by atoms with Gasteiger partial charge in [-0.25, -0.2) is 4.98 Å². The molecular weight excluding hydrogens is 315 g/mol. The van der Waals surface area contributed by atoms with Crippen LogP contribution in [-0.4, -0.2) is 9.55 Å². The number of nitrogens with zero attached hydrogens (tertiary/aromatic N) is 2. The molecule has 2 nitrogen and oxygen atoms in total. The molecule has 4 heteroatoms. The summed E-state index contributed by atoms with van der Waals surface area (Å²) in [6, 6.07) is 10.5. The largest absolute Gasteiger partial charge is 0.323 e. The lowest BCUT2D eigenvalue weighted by Gasteiger charge is -2.16. The molecule has 0 N–H and O–H groups in total. The number of hydrogen-bond acceptors (Lipinski definition) is 1. The molecule has 0 amide bonds. The first kappa shape index (κ1) is 14.1. The maximum atomic E-state index is 6.16. The van der Waals surface area contributed by atoms with Crippen LogP contribution in [0, 0.1) is 0 Å². The van der Waals surface area contributed by atoms with Crippen molar-refractivity contribution in [1.29, 1.82) is 0 Å². The second kappa shape index (κ2) is 5.29. The van der Waals surface area contributed by atoms with Gasteiger partial charge in [-0.1, -0.05) is 29.3 Å². The molecule has 112 valence electrons. The van der Waals surface area contributed by atoms with Crippen LogP contribution in [0.25, 0.3) is 11.0 Å². The maximum absolute atomic E-state index is 6.16. The Morgan fingerprint density at radius 2 is 1.82 bits per heavy atom. The fourth-order valence-electron chi connectivity index (χ4n) is 3.34. The van der Waals surface area contributed by atoms with Crippen molar-refractivity contribution in [2.24, 2.45) is 0 Å². The van der Waals surface area contributed by atoms with E-state index in [-0.39, 0.29) is 6.04 Å². The summed E-state index contributed by atoms with van der Waals surface area (Å²) in [6.45, 7) is 2.16. The first-order valence-corrected chi connectivity index (χ1v) is 8.32. The van der Waals surface area contributed by atoms with Gasteiger partial charge in [0.05, 0.1) is 33.4 Å². The molecule has 3 aromatic rings. The van der Waals surface area contributed by atoms with Crippen molar-refractivity contribution < 1.29 is 0 Å². The first-order valence-electron chi connectivity index (χ1n) is 7.57. The first-order chi connectivity index (χ1) is 10.6. The molecule has 4 rings (SSSR count). The number of benzene rings is 2. The van der Waals surface area contributed by atoms with E-state index in [1.165, 1.54) is 35.9 Å². The van der Waals surface area contributed by atoms with Crippen LogP contribution in [0.3, 0.4) is 0 Å². The van der Waals surface area contributed by atoms with Crippen LogP contribution in [0.5, 0.6) is 0 Å². The van der Waals surface area contributed by atoms with E-state index in [9.17, 15) is 0 Å². The number of aryl methyl sites for hydroxylation is 2. The van der Waals surface area contributed by atoms with Gasteiger partial charge in [0.1, 0.15) is 0 Å². The van der Waals surface area contributed by atoms with Crippen LogP contribution < -0.4 is 0 Å². The number of aromatic nitrogens is 2. The van der Waals surface area contributed by atoms with Crippen molar-refractivity contribution in [1.82, 2.24) is 9.55 Å². The third-order valence-corrected chi connectivity index (χ3v) is 5.37. The van der Waals surface area contributed by atoms with Crippen LogP contribution in [0.15, 0.2) is 36.7 Å². The lowest BCUT2D eigenvalue weighted by molar-refractivity contribution is 0.657. The lowest BCUT2D eigenvalue weighted by atomic mass is 10.1. The lowest BCUT2D eigenvalue weighted by Crippen LogP contribution is -2.05. The molecular formula is C18H16Cl2N2. The van der Waals surface area contributed by atoms with Crippen LogP contribution in [0.2, 0.25) is 10.0 Å². The third-order valence-electron chi connectivity index (χ3n) is 4.63. The number of hydrogen-bond donors (Lipinski definition) is 0. The van der Waals surface area contributed by atoms with Crippen LogP contribution in [-0.2, 0) is 12.8 Å². The van der Waals surface area contributed by atoms with E-state index in [2.05, 4.69) is 28.6 Å². The number of fused-ring (bicyclic) bond motifs is 2. The molecule has 0 fully saturated rings. The molecule has 1 aromatic heterocycles. The number of rotatable bonds is 2. The summed E-state index contributed by atoms with van der Waals surface area (Å²) in [4.78, 5) is 4.59. The van der Waals surface area contributed by atoms with E-state index in [4.69, 9.17) is 23.2 Å². The van der Waals surface area contributed by atoms with Gasteiger partial charge in [0.25, 0.3) is 0 Å². The Hall–Kier alpha value is -1.51. The summed E-state index contributed by atoms with van der Waals surface area (Å²) < 4.78 is 2.22. The van der Waals surface area contributed by atoms with E-state index in [1.807, 2.05) is 24.5 Å². The van der Waals surface area contributed by atoms with Crippen molar-refractivity contribution in [3.8, 4) is 0 Å². The Kier molecular flexibility index (Phi) is 3.39. The highest BCUT2D eigenvalue weighted by molar-refractivity contribution is 6.42. The summed E-state index contributed by atoms with van der Waals surface area (Å²) in [5.41, 5.74) is 6.33. The molecule has 1 aliphatic carbocycles. The second-order valence-electron chi connectivity index (χ2n) is 5.96. The van der Waals surface area contributed by atoms with Gasteiger partial charge in [-0.3, -0.25) is 0 Å². The zero-order chi connectivity index (χ0) is 15.3. The summed E-state index contributed by atoms with van der Waals surface area (Å²) in [5.74, 6) is 0. The zero-order valence-corrected chi connectivity index (χ0v) is 13.8. The molecule has 0 aliphatic heterocycles. The van der Waals surface area contributed by atoms with E-state index in [1.54, 1.807) is 0 Å². The Morgan fingerprint density at radius 3 is 2.59 bits per heavy atom. The van der Waals surface area contributed by atoms with Crippen molar-refractivity contribution in [2.75, 3.05) is 0 Å². The molecule has 0 spiro atoms. The average Bonchev–Trinajstić information content (AvgIpc) is 3.12. The van der Waals surface area contributed by atoms with Gasteiger partial charge in [-0.15, -0.1) is 0 Å². The van der Waals surface area contributed by atoms with Gasteiger partial charge in [-0.05, 0) is 67.1 Å². The van der Waals surface area contributed by atoms with Crippen LogP contribution in [0.1, 0.15) is 36.1 Å².